The summed E-state index contributed by atoms with van der Waals surface area (Å²) in [6.45, 7) is 1.40. The van der Waals surface area contributed by atoms with E-state index in [2.05, 4.69) is 10.6 Å². The summed E-state index contributed by atoms with van der Waals surface area (Å²) >= 11 is 1.55. The maximum Gasteiger partial charge on any atom is 0.325 e. The average Bonchev–Trinajstić information content (AvgIpc) is 3.06. The number of hydrogen-bond acceptors (Lipinski definition) is 4. The van der Waals surface area contributed by atoms with Crippen molar-refractivity contribution in [2.75, 3.05) is 5.32 Å². The van der Waals surface area contributed by atoms with E-state index in [1.54, 1.807) is 35.6 Å². The van der Waals surface area contributed by atoms with Gasteiger partial charge in [0.2, 0.25) is 0 Å². The van der Waals surface area contributed by atoms with Gasteiger partial charge in [-0.05, 0) is 68.5 Å². The minimum Gasteiger partial charge on any atom is -0.480 e. The number of benzene rings is 1. The fraction of sp³-hybridized carbons (Fsp3) is 0.316. The van der Waals surface area contributed by atoms with Crippen LogP contribution in [0.25, 0.3) is 0 Å². The van der Waals surface area contributed by atoms with Crippen LogP contribution >= 0.6 is 11.3 Å². The van der Waals surface area contributed by atoms with E-state index in [1.165, 1.54) is 30.2 Å². The van der Waals surface area contributed by atoms with E-state index >= 15 is 0 Å². The van der Waals surface area contributed by atoms with Crippen LogP contribution in [0.15, 0.2) is 30.3 Å². The number of thiophene rings is 1. The third-order valence-electron chi connectivity index (χ3n) is 4.34. The summed E-state index contributed by atoms with van der Waals surface area (Å²) in [7, 11) is 0. The zero-order valence-corrected chi connectivity index (χ0v) is 15.2. The number of aryl methyl sites for hydroxylation is 2. The number of fused-ring (bicyclic) bond motifs is 1. The maximum atomic E-state index is 12.4. The molecule has 0 saturated heterocycles. The molecule has 1 aromatic carbocycles. The highest BCUT2D eigenvalue weighted by molar-refractivity contribution is 7.14. The molecule has 136 valence electrons. The minimum atomic E-state index is -1.10. The zero-order chi connectivity index (χ0) is 18.7. The Morgan fingerprint density at radius 2 is 1.77 bits per heavy atom. The van der Waals surface area contributed by atoms with Crippen molar-refractivity contribution in [3.63, 3.8) is 0 Å². The summed E-state index contributed by atoms with van der Waals surface area (Å²) in [6, 6.07) is 7.38. The highest BCUT2D eigenvalue weighted by atomic mass is 32.1. The smallest absolute Gasteiger partial charge is 0.325 e. The minimum absolute atomic E-state index is 0.152. The van der Waals surface area contributed by atoms with Crippen molar-refractivity contribution in [2.45, 2.75) is 38.6 Å². The van der Waals surface area contributed by atoms with Gasteiger partial charge < -0.3 is 15.7 Å². The summed E-state index contributed by atoms with van der Waals surface area (Å²) in [5.74, 6) is -1.72. The van der Waals surface area contributed by atoms with E-state index < -0.39 is 17.9 Å². The second-order valence-corrected chi connectivity index (χ2v) is 7.47. The number of carboxylic acids is 1. The molecule has 1 aliphatic carbocycles. The summed E-state index contributed by atoms with van der Waals surface area (Å²) in [5.41, 5.74) is 2.21. The molecule has 0 radical (unpaired) electrons. The summed E-state index contributed by atoms with van der Waals surface area (Å²) in [4.78, 5) is 37.2. The van der Waals surface area contributed by atoms with Gasteiger partial charge in [0, 0.05) is 16.1 Å². The Morgan fingerprint density at radius 1 is 1.08 bits per heavy atom. The lowest BCUT2D eigenvalue weighted by Gasteiger charge is -2.10. The predicted octanol–water partition coefficient (Wildman–Crippen LogP) is 3.08. The molecule has 1 aromatic heterocycles. The van der Waals surface area contributed by atoms with Crippen LogP contribution < -0.4 is 10.6 Å². The number of carbonyl (C=O) groups excluding carboxylic acids is 2. The molecular weight excluding hydrogens is 352 g/mol. The summed E-state index contributed by atoms with van der Waals surface area (Å²) in [6.07, 6.45) is 4.44. The molecule has 2 aromatic rings. The normalized spacial score (nSPS) is 14.2. The first-order valence-electron chi connectivity index (χ1n) is 8.50. The highest BCUT2D eigenvalue weighted by Crippen LogP contribution is 2.30. The van der Waals surface area contributed by atoms with E-state index in [0.717, 1.165) is 12.8 Å². The van der Waals surface area contributed by atoms with Crippen LogP contribution in [-0.4, -0.2) is 28.9 Å². The van der Waals surface area contributed by atoms with Crippen LogP contribution in [0.2, 0.25) is 0 Å². The molecule has 3 N–H and O–H groups in total. The van der Waals surface area contributed by atoms with Crippen LogP contribution in [-0.2, 0) is 17.6 Å². The predicted molar refractivity (Wildman–Crippen MR) is 99.9 cm³/mol. The van der Waals surface area contributed by atoms with Crippen molar-refractivity contribution in [2.24, 2.45) is 0 Å². The number of amides is 2. The average molecular weight is 372 g/mol. The number of carbonyl (C=O) groups is 3. The van der Waals surface area contributed by atoms with Gasteiger partial charge >= 0.3 is 5.97 Å². The molecule has 2 amide bonds. The molecule has 1 heterocycles. The van der Waals surface area contributed by atoms with E-state index in [0.29, 0.717) is 16.1 Å². The fourth-order valence-corrected chi connectivity index (χ4v) is 3.99. The molecular formula is C19H20N2O4S. The molecule has 0 bridgehead atoms. The first kappa shape index (κ1) is 18.1. The number of rotatable bonds is 5. The molecule has 1 unspecified atom stereocenters. The Balaban J connectivity index is 1.63. The first-order chi connectivity index (χ1) is 12.4. The number of hydrogen-bond donors (Lipinski definition) is 3. The molecule has 0 saturated carbocycles. The van der Waals surface area contributed by atoms with Crippen LogP contribution in [0.1, 0.15) is 50.2 Å². The van der Waals surface area contributed by atoms with Crippen molar-refractivity contribution in [1.82, 2.24) is 5.32 Å². The third-order valence-corrected chi connectivity index (χ3v) is 5.58. The van der Waals surface area contributed by atoms with Crippen molar-refractivity contribution in [3.05, 3.63) is 51.2 Å². The zero-order valence-electron chi connectivity index (χ0n) is 14.4. The van der Waals surface area contributed by atoms with Gasteiger partial charge in [0.25, 0.3) is 11.8 Å². The van der Waals surface area contributed by atoms with E-state index in [4.69, 9.17) is 5.11 Å². The van der Waals surface area contributed by atoms with Gasteiger partial charge in [0.1, 0.15) is 6.04 Å². The Morgan fingerprint density at radius 3 is 2.42 bits per heavy atom. The second kappa shape index (κ2) is 7.70. The van der Waals surface area contributed by atoms with Crippen LogP contribution in [0.3, 0.4) is 0 Å². The number of carboxylic acid groups (broad SMARTS) is 1. The first-order valence-corrected chi connectivity index (χ1v) is 9.32. The number of aliphatic carboxylic acids is 1. The topological polar surface area (TPSA) is 95.5 Å². The molecule has 26 heavy (non-hydrogen) atoms. The highest BCUT2D eigenvalue weighted by Gasteiger charge is 2.18. The van der Waals surface area contributed by atoms with Crippen molar-refractivity contribution in [3.8, 4) is 0 Å². The fourth-order valence-electron chi connectivity index (χ4n) is 2.84. The van der Waals surface area contributed by atoms with Crippen LogP contribution in [0, 0.1) is 0 Å². The number of anilines is 1. The van der Waals surface area contributed by atoms with E-state index in [-0.39, 0.29) is 5.91 Å². The number of nitrogens with one attached hydrogen (secondary N) is 2. The molecule has 6 nitrogen and oxygen atoms in total. The Labute approximate surface area is 155 Å². The van der Waals surface area contributed by atoms with Gasteiger partial charge in [-0.3, -0.25) is 14.4 Å². The van der Waals surface area contributed by atoms with Crippen molar-refractivity contribution < 1.29 is 19.5 Å². The van der Waals surface area contributed by atoms with Crippen molar-refractivity contribution in [1.29, 1.82) is 0 Å². The lowest BCUT2D eigenvalue weighted by molar-refractivity contribution is -0.138. The third kappa shape index (κ3) is 4.11. The molecule has 1 atom stereocenters. The SMILES string of the molecule is CC(NC(=O)c1ccc(NC(=O)c2cc3c(s2)CCCC3)cc1)C(=O)O. The Bertz CT molecular complexity index is 818. The largest absolute Gasteiger partial charge is 0.480 e. The Kier molecular flexibility index (Phi) is 5.37. The molecule has 0 spiro atoms. The second-order valence-electron chi connectivity index (χ2n) is 6.33. The van der Waals surface area contributed by atoms with Gasteiger partial charge in [0.05, 0.1) is 4.88 Å². The summed E-state index contributed by atoms with van der Waals surface area (Å²) < 4.78 is 0. The monoisotopic (exact) mass is 372 g/mol. The molecule has 1 aliphatic rings. The van der Waals surface area contributed by atoms with E-state index in [1.807, 2.05) is 6.07 Å². The van der Waals surface area contributed by atoms with Gasteiger partial charge in [-0.25, -0.2) is 0 Å². The van der Waals surface area contributed by atoms with Gasteiger partial charge in [-0.2, -0.15) is 0 Å². The van der Waals surface area contributed by atoms with E-state index in [9.17, 15) is 14.4 Å². The van der Waals surface area contributed by atoms with Gasteiger partial charge in [-0.1, -0.05) is 0 Å². The van der Waals surface area contributed by atoms with Gasteiger partial charge in [0.15, 0.2) is 0 Å². The van der Waals surface area contributed by atoms with Crippen LogP contribution in [0.5, 0.6) is 0 Å². The van der Waals surface area contributed by atoms with Crippen molar-refractivity contribution >= 4 is 34.8 Å². The molecule has 0 fully saturated rings. The molecule has 7 heteroatoms. The van der Waals surface area contributed by atoms with Crippen LogP contribution in [0.4, 0.5) is 5.69 Å². The summed E-state index contributed by atoms with van der Waals surface area (Å²) in [5, 5.41) is 14.1. The molecule has 3 rings (SSSR count). The lowest BCUT2D eigenvalue weighted by Crippen LogP contribution is -2.38. The standard InChI is InChI=1S/C19H20N2O4S/c1-11(19(24)25)20-17(22)12-6-8-14(9-7-12)21-18(23)16-10-13-4-2-3-5-15(13)26-16/h6-11H,2-5H2,1H3,(H,20,22)(H,21,23)(H,24,25). The molecule has 0 aliphatic heterocycles. The Hall–Kier alpha value is -2.67. The lowest BCUT2D eigenvalue weighted by atomic mass is 9.99. The quantitative estimate of drug-likeness (QED) is 0.752. The van der Waals surface area contributed by atoms with Gasteiger partial charge in [-0.15, -0.1) is 11.3 Å². The maximum absolute atomic E-state index is 12.4.